The predicted molar refractivity (Wildman–Crippen MR) is 99.2 cm³/mol. The molecule has 0 bridgehead atoms. The highest BCUT2D eigenvalue weighted by Crippen LogP contribution is 2.52. The van der Waals surface area contributed by atoms with Crippen molar-refractivity contribution >= 4 is 21.9 Å². The Hall–Kier alpha value is -2.57. The summed E-state index contributed by atoms with van der Waals surface area (Å²) < 4.78 is 6.09. The molecule has 2 aliphatic carbocycles. The summed E-state index contributed by atoms with van der Waals surface area (Å²) >= 11 is 3.40. The summed E-state index contributed by atoms with van der Waals surface area (Å²) in [6, 6.07) is 11.6. The van der Waals surface area contributed by atoms with Gasteiger partial charge in [0.05, 0.1) is 23.9 Å². The molecule has 132 valence electrons. The van der Waals surface area contributed by atoms with Crippen LogP contribution in [-0.4, -0.2) is 12.6 Å². The Morgan fingerprint density at radius 1 is 1.35 bits per heavy atom. The van der Waals surface area contributed by atoms with Crippen molar-refractivity contribution in [3.05, 3.63) is 57.2 Å². The largest absolute Gasteiger partial charge is 0.464 e. The van der Waals surface area contributed by atoms with E-state index in [1.807, 2.05) is 30.3 Å². The van der Waals surface area contributed by atoms with Crippen LogP contribution in [0.2, 0.25) is 0 Å². The van der Waals surface area contributed by atoms with Crippen LogP contribution in [0.15, 0.2) is 51.7 Å². The number of nitrogens with two attached hydrogens (primary N) is 1. The number of carbonyl (C=O) groups excluding carboxylic acids is 1. The van der Waals surface area contributed by atoms with Crippen molar-refractivity contribution in [2.75, 3.05) is 6.61 Å². The van der Waals surface area contributed by atoms with E-state index in [1.165, 1.54) is 0 Å². The van der Waals surface area contributed by atoms with Gasteiger partial charge in [0.1, 0.15) is 6.07 Å². The molecule has 0 aliphatic heterocycles. The molecule has 2 N–H and O–H groups in total. The molecule has 26 heavy (non-hydrogen) atoms. The van der Waals surface area contributed by atoms with E-state index >= 15 is 0 Å². The zero-order valence-electron chi connectivity index (χ0n) is 14.3. The van der Waals surface area contributed by atoms with E-state index in [2.05, 4.69) is 28.1 Å². The lowest BCUT2D eigenvalue weighted by Gasteiger charge is -2.36. The number of hydrogen-bond acceptors (Lipinski definition) is 5. The minimum Gasteiger partial charge on any atom is -0.464 e. The van der Waals surface area contributed by atoms with Crippen molar-refractivity contribution in [3.63, 3.8) is 0 Å². The maximum Gasteiger partial charge on any atom is 0.333 e. The summed E-state index contributed by atoms with van der Waals surface area (Å²) in [4.78, 5) is 12.9. The summed E-state index contributed by atoms with van der Waals surface area (Å²) in [5, 5.41) is 19.7. The van der Waals surface area contributed by atoms with Gasteiger partial charge in [0.25, 0.3) is 0 Å². The maximum atomic E-state index is 12.9. The van der Waals surface area contributed by atoms with Crippen LogP contribution in [0, 0.1) is 34.0 Å². The summed E-state index contributed by atoms with van der Waals surface area (Å²) in [7, 11) is 0. The van der Waals surface area contributed by atoms with Crippen LogP contribution in [0.4, 0.5) is 0 Å². The topological polar surface area (TPSA) is 99.9 Å². The average molecular weight is 412 g/mol. The number of carbonyl (C=O) groups is 1. The number of benzene rings is 1. The highest BCUT2D eigenvalue weighted by atomic mass is 79.9. The van der Waals surface area contributed by atoms with Gasteiger partial charge in [-0.1, -0.05) is 34.1 Å². The monoisotopic (exact) mass is 411 g/mol. The molecule has 0 saturated heterocycles. The Kier molecular flexibility index (Phi) is 4.89. The second kappa shape index (κ2) is 6.97. The molecule has 6 heteroatoms. The molecular formula is C20H18BrN3O2. The van der Waals surface area contributed by atoms with Crippen molar-refractivity contribution < 1.29 is 9.53 Å². The third kappa shape index (κ3) is 2.81. The van der Waals surface area contributed by atoms with Gasteiger partial charge in [0, 0.05) is 10.4 Å². The molecular weight excluding hydrogens is 394 g/mol. The molecule has 0 aromatic heterocycles. The van der Waals surface area contributed by atoms with Crippen LogP contribution >= 0.6 is 15.9 Å². The third-order valence-electron chi connectivity index (χ3n) is 4.93. The third-order valence-corrected chi connectivity index (χ3v) is 5.46. The molecule has 1 aromatic rings. The van der Waals surface area contributed by atoms with Crippen molar-refractivity contribution in [2.24, 2.45) is 17.1 Å². The first-order valence-corrected chi connectivity index (χ1v) is 9.25. The smallest absolute Gasteiger partial charge is 0.333 e. The Labute approximate surface area is 160 Å². The van der Waals surface area contributed by atoms with Gasteiger partial charge < -0.3 is 10.5 Å². The van der Waals surface area contributed by atoms with Crippen molar-refractivity contribution in [1.82, 2.24) is 0 Å². The zero-order valence-corrected chi connectivity index (χ0v) is 15.9. The highest BCUT2D eigenvalue weighted by molar-refractivity contribution is 9.10. The SMILES string of the molecule is CCOC(=O)[C@@]1(C#N)C(N)=C(C#N)C(C2CC2)=C[C@@H]1c1ccc(Br)cc1. The molecule has 5 nitrogen and oxygen atoms in total. The highest BCUT2D eigenvalue weighted by Gasteiger charge is 2.54. The first-order valence-electron chi connectivity index (χ1n) is 8.45. The lowest BCUT2D eigenvalue weighted by molar-refractivity contribution is -0.150. The van der Waals surface area contributed by atoms with E-state index in [-0.39, 0.29) is 23.8 Å². The second-order valence-electron chi connectivity index (χ2n) is 6.47. The van der Waals surface area contributed by atoms with Gasteiger partial charge in [-0.05, 0) is 49.0 Å². The zero-order chi connectivity index (χ0) is 18.9. The van der Waals surface area contributed by atoms with Gasteiger partial charge in [-0.2, -0.15) is 10.5 Å². The van der Waals surface area contributed by atoms with Crippen LogP contribution in [0.3, 0.4) is 0 Å². The number of nitriles is 2. The van der Waals surface area contributed by atoms with Gasteiger partial charge >= 0.3 is 5.97 Å². The minimum atomic E-state index is -1.74. The fourth-order valence-electron chi connectivity index (χ4n) is 3.44. The van der Waals surface area contributed by atoms with Crippen molar-refractivity contribution in [1.29, 1.82) is 10.5 Å². The van der Waals surface area contributed by atoms with Crippen LogP contribution < -0.4 is 5.73 Å². The normalized spacial score (nSPS) is 25.1. The Bertz CT molecular complexity index is 885. The number of halogens is 1. The van der Waals surface area contributed by atoms with Crippen LogP contribution in [-0.2, 0) is 9.53 Å². The fraction of sp³-hybridized carbons (Fsp3) is 0.350. The van der Waals surface area contributed by atoms with Crippen LogP contribution in [0.1, 0.15) is 31.2 Å². The second-order valence-corrected chi connectivity index (χ2v) is 7.38. The molecule has 2 atom stereocenters. The van der Waals surface area contributed by atoms with E-state index in [0.29, 0.717) is 0 Å². The summed E-state index contributed by atoms with van der Waals surface area (Å²) in [5.74, 6) is -1.06. The molecule has 0 radical (unpaired) electrons. The van der Waals surface area contributed by atoms with Gasteiger partial charge in [0.2, 0.25) is 5.41 Å². The number of esters is 1. The van der Waals surface area contributed by atoms with E-state index in [0.717, 1.165) is 28.5 Å². The lowest BCUT2D eigenvalue weighted by Crippen LogP contribution is -2.44. The summed E-state index contributed by atoms with van der Waals surface area (Å²) in [6.07, 6.45) is 3.84. The number of hydrogen-bond donors (Lipinski definition) is 1. The van der Waals surface area contributed by atoms with E-state index in [4.69, 9.17) is 10.5 Å². The number of nitrogens with zero attached hydrogens (tertiary/aromatic N) is 2. The number of allylic oxidation sites excluding steroid dienone is 3. The van der Waals surface area contributed by atoms with Crippen molar-refractivity contribution in [2.45, 2.75) is 25.7 Å². The summed E-state index contributed by atoms with van der Waals surface area (Å²) in [6.45, 7) is 1.81. The lowest BCUT2D eigenvalue weighted by atomic mass is 9.65. The fourth-order valence-corrected chi connectivity index (χ4v) is 3.71. The Balaban J connectivity index is 2.24. The molecule has 1 fully saturated rings. The van der Waals surface area contributed by atoms with Gasteiger partial charge in [-0.15, -0.1) is 0 Å². The maximum absolute atomic E-state index is 12.9. The molecule has 0 heterocycles. The minimum absolute atomic E-state index is 0.00160. The average Bonchev–Trinajstić information content (AvgIpc) is 3.47. The molecule has 2 aliphatic rings. The molecule has 0 amide bonds. The van der Waals surface area contributed by atoms with Gasteiger partial charge in [0.15, 0.2) is 0 Å². The van der Waals surface area contributed by atoms with E-state index in [1.54, 1.807) is 6.92 Å². The molecule has 0 unspecified atom stereocenters. The standard InChI is InChI=1S/C20H18BrN3O2/c1-2-26-19(25)20(11-23)17(13-5-7-14(21)8-6-13)9-15(12-3-4-12)16(10-22)18(20)24/h5-9,12,17H,2-4,24H2,1H3/t17-,20-/m1/s1. The van der Waals surface area contributed by atoms with Crippen LogP contribution in [0.25, 0.3) is 0 Å². The first-order chi connectivity index (χ1) is 12.5. The number of ether oxygens (including phenoxy) is 1. The first kappa shape index (κ1) is 18.2. The Morgan fingerprint density at radius 3 is 2.50 bits per heavy atom. The number of rotatable bonds is 4. The van der Waals surface area contributed by atoms with Gasteiger partial charge in [-0.3, -0.25) is 0 Å². The van der Waals surface area contributed by atoms with Crippen LogP contribution in [0.5, 0.6) is 0 Å². The van der Waals surface area contributed by atoms with E-state index < -0.39 is 17.3 Å². The van der Waals surface area contributed by atoms with Gasteiger partial charge in [-0.25, -0.2) is 4.79 Å². The quantitative estimate of drug-likeness (QED) is 0.761. The molecule has 1 aromatic carbocycles. The summed E-state index contributed by atoms with van der Waals surface area (Å²) in [5.41, 5.74) is 6.43. The Morgan fingerprint density at radius 2 is 2.00 bits per heavy atom. The predicted octanol–water partition coefficient (Wildman–Crippen LogP) is 3.69. The molecule has 3 rings (SSSR count). The molecule has 1 saturated carbocycles. The molecule has 0 spiro atoms. The van der Waals surface area contributed by atoms with Crippen molar-refractivity contribution in [3.8, 4) is 12.1 Å². The van der Waals surface area contributed by atoms with E-state index in [9.17, 15) is 15.3 Å².